The molecule has 1 aliphatic rings. The summed E-state index contributed by atoms with van der Waals surface area (Å²) in [7, 11) is 0. The van der Waals surface area contributed by atoms with Crippen LogP contribution in [0.3, 0.4) is 0 Å². The van der Waals surface area contributed by atoms with Gasteiger partial charge in [0, 0.05) is 11.8 Å². The monoisotopic (exact) mass is 460 g/mol. The Labute approximate surface area is 186 Å². The maximum absolute atomic E-state index is 13.3. The number of hydrogen-bond acceptors (Lipinski definition) is 4. The van der Waals surface area contributed by atoms with Gasteiger partial charge in [0.05, 0.1) is 12.7 Å². The van der Waals surface area contributed by atoms with Crippen molar-refractivity contribution in [3.05, 3.63) is 89.0 Å². The Morgan fingerprint density at radius 3 is 2.30 bits per heavy atom. The molecule has 4 rings (SSSR count). The Morgan fingerprint density at radius 1 is 1.18 bits per heavy atom. The van der Waals surface area contributed by atoms with Crippen molar-refractivity contribution in [2.24, 2.45) is 5.73 Å². The molecule has 0 aliphatic carbocycles. The first-order chi connectivity index (χ1) is 15.5. The number of carbonyl (C=O) groups excluding carboxylic acids is 1. The molecular formula is C24H20F4N2O3. The number of benzene rings is 2. The highest BCUT2D eigenvalue weighted by atomic mass is 19.4. The zero-order valence-corrected chi connectivity index (χ0v) is 17.4. The highest BCUT2D eigenvalue weighted by molar-refractivity contribution is 5.89. The number of aliphatic hydroxyl groups excluding tert-OH is 1. The number of carbonyl (C=O) groups is 1. The quantitative estimate of drug-likeness (QED) is 0.551. The zero-order chi connectivity index (χ0) is 24.0. The van der Waals surface area contributed by atoms with Gasteiger partial charge in [0.1, 0.15) is 23.0 Å². The van der Waals surface area contributed by atoms with E-state index in [-0.39, 0.29) is 12.2 Å². The number of ether oxygens (including phenoxy) is 1. The Hall–Kier alpha value is -3.30. The summed E-state index contributed by atoms with van der Waals surface area (Å²) in [6, 6.07) is 12.9. The van der Waals surface area contributed by atoms with Crippen LogP contribution in [0.5, 0.6) is 0 Å². The summed E-state index contributed by atoms with van der Waals surface area (Å²) in [5, 5.41) is 10.0. The van der Waals surface area contributed by atoms with E-state index in [0.717, 1.165) is 12.3 Å². The minimum absolute atomic E-state index is 0.0322. The Bertz CT molecular complexity index is 1180. The number of hydrogen-bond donors (Lipinski definition) is 2. The largest absolute Gasteiger partial charge is 0.433 e. The maximum atomic E-state index is 13.3. The molecule has 5 nitrogen and oxygen atoms in total. The zero-order valence-electron chi connectivity index (χ0n) is 17.4. The molecule has 3 atom stereocenters. The number of nitrogens with two attached hydrogens (primary N) is 1. The predicted molar refractivity (Wildman–Crippen MR) is 111 cm³/mol. The van der Waals surface area contributed by atoms with Crippen molar-refractivity contribution < 1.29 is 32.2 Å². The van der Waals surface area contributed by atoms with Gasteiger partial charge in [-0.25, -0.2) is 4.39 Å². The molecule has 3 N–H and O–H groups in total. The summed E-state index contributed by atoms with van der Waals surface area (Å²) in [4.78, 5) is 16.0. The topological polar surface area (TPSA) is 85.4 Å². The highest BCUT2D eigenvalue weighted by Gasteiger charge is 2.55. The first-order valence-electron chi connectivity index (χ1n) is 10.1. The van der Waals surface area contributed by atoms with Gasteiger partial charge in [-0.15, -0.1) is 0 Å². The summed E-state index contributed by atoms with van der Waals surface area (Å²) < 4.78 is 58.1. The lowest BCUT2D eigenvalue weighted by atomic mass is 9.69. The number of amides is 1. The van der Waals surface area contributed by atoms with Crippen LogP contribution in [0.15, 0.2) is 60.8 Å². The van der Waals surface area contributed by atoms with E-state index >= 15 is 0 Å². The van der Waals surface area contributed by atoms with Gasteiger partial charge in [-0.2, -0.15) is 13.2 Å². The summed E-state index contributed by atoms with van der Waals surface area (Å²) >= 11 is 0. The second-order valence-electron chi connectivity index (χ2n) is 7.99. The number of aliphatic hydroxyl groups is 1. The van der Waals surface area contributed by atoms with Crippen molar-refractivity contribution in [2.45, 2.75) is 30.7 Å². The van der Waals surface area contributed by atoms with E-state index < -0.39 is 41.2 Å². The lowest BCUT2D eigenvalue weighted by molar-refractivity contribution is -0.167. The molecule has 0 radical (unpaired) electrons. The van der Waals surface area contributed by atoms with Gasteiger partial charge in [-0.05, 0) is 47.4 Å². The summed E-state index contributed by atoms with van der Waals surface area (Å²) in [6.07, 6.45) is -5.44. The third-order valence-corrected chi connectivity index (χ3v) is 5.93. The van der Waals surface area contributed by atoms with Crippen molar-refractivity contribution >= 4 is 5.91 Å². The smallest absolute Gasteiger partial charge is 0.389 e. The van der Waals surface area contributed by atoms with Crippen LogP contribution in [0.25, 0.3) is 11.1 Å². The fourth-order valence-electron chi connectivity index (χ4n) is 4.09. The molecule has 1 amide bonds. The second kappa shape index (κ2) is 8.24. The molecule has 172 valence electrons. The number of alkyl halides is 3. The third-order valence-electron chi connectivity index (χ3n) is 5.93. The SMILES string of the molecule is CC(O)c1cc(C(F)(F)F)ncc1-c1ccc(C2(C(N)=O)COC2c2ccc(F)cc2)cc1. The van der Waals surface area contributed by atoms with Gasteiger partial charge in [-0.1, -0.05) is 36.4 Å². The Morgan fingerprint density at radius 2 is 1.82 bits per heavy atom. The molecule has 1 aromatic heterocycles. The molecule has 1 saturated heterocycles. The maximum Gasteiger partial charge on any atom is 0.433 e. The number of primary amides is 1. The van der Waals surface area contributed by atoms with Crippen LogP contribution in [-0.2, 0) is 21.1 Å². The van der Waals surface area contributed by atoms with Crippen molar-refractivity contribution in [3.8, 4) is 11.1 Å². The number of nitrogens with zero attached hydrogens (tertiary/aromatic N) is 1. The van der Waals surface area contributed by atoms with Gasteiger partial charge < -0.3 is 15.6 Å². The van der Waals surface area contributed by atoms with E-state index in [9.17, 15) is 27.5 Å². The van der Waals surface area contributed by atoms with E-state index in [2.05, 4.69) is 4.98 Å². The normalized spacial score (nSPS) is 21.3. The van der Waals surface area contributed by atoms with Crippen LogP contribution in [0, 0.1) is 5.82 Å². The minimum Gasteiger partial charge on any atom is -0.389 e. The third kappa shape index (κ3) is 3.98. The van der Waals surface area contributed by atoms with Crippen molar-refractivity contribution in [2.75, 3.05) is 6.61 Å². The van der Waals surface area contributed by atoms with E-state index in [0.29, 0.717) is 22.3 Å². The minimum atomic E-state index is -4.64. The van der Waals surface area contributed by atoms with E-state index in [4.69, 9.17) is 10.5 Å². The predicted octanol–water partition coefficient (Wildman–Crippen LogP) is 4.45. The number of rotatable bonds is 5. The average molecular weight is 460 g/mol. The van der Waals surface area contributed by atoms with Crippen LogP contribution in [0.1, 0.15) is 41.5 Å². The van der Waals surface area contributed by atoms with Crippen molar-refractivity contribution in [1.29, 1.82) is 0 Å². The first kappa shape index (κ1) is 22.9. The molecule has 33 heavy (non-hydrogen) atoms. The first-order valence-corrected chi connectivity index (χ1v) is 10.1. The molecule has 0 spiro atoms. The van der Waals surface area contributed by atoms with E-state index in [1.807, 2.05) is 0 Å². The van der Waals surface area contributed by atoms with Gasteiger partial charge in [0.2, 0.25) is 5.91 Å². The van der Waals surface area contributed by atoms with Crippen molar-refractivity contribution in [1.82, 2.24) is 4.98 Å². The molecular weight excluding hydrogens is 440 g/mol. The van der Waals surface area contributed by atoms with Crippen LogP contribution < -0.4 is 5.73 Å². The summed E-state index contributed by atoms with van der Waals surface area (Å²) in [5.74, 6) is -1.04. The Balaban J connectivity index is 1.72. The second-order valence-corrected chi connectivity index (χ2v) is 7.99. The van der Waals surface area contributed by atoms with Crippen LogP contribution in [-0.4, -0.2) is 22.6 Å². The van der Waals surface area contributed by atoms with Crippen molar-refractivity contribution in [3.63, 3.8) is 0 Å². The molecule has 3 aromatic rings. The summed E-state index contributed by atoms with van der Waals surface area (Å²) in [5.41, 5.74) is 5.53. The molecule has 1 aliphatic heterocycles. The Kier molecular flexibility index (Phi) is 5.71. The van der Waals surface area contributed by atoms with Gasteiger partial charge in [0.25, 0.3) is 0 Å². The molecule has 9 heteroatoms. The van der Waals surface area contributed by atoms with Crippen LogP contribution in [0.2, 0.25) is 0 Å². The lowest BCUT2D eigenvalue weighted by Gasteiger charge is -2.47. The van der Waals surface area contributed by atoms with E-state index in [1.165, 1.54) is 31.2 Å². The molecule has 2 aromatic carbocycles. The lowest BCUT2D eigenvalue weighted by Crippen LogP contribution is -2.58. The van der Waals surface area contributed by atoms with Gasteiger partial charge in [-0.3, -0.25) is 9.78 Å². The fraction of sp³-hybridized carbons (Fsp3) is 0.250. The van der Waals surface area contributed by atoms with Crippen LogP contribution in [0.4, 0.5) is 17.6 Å². The fourth-order valence-corrected chi connectivity index (χ4v) is 4.09. The molecule has 0 saturated carbocycles. The van der Waals surface area contributed by atoms with Gasteiger partial charge in [0.15, 0.2) is 0 Å². The molecule has 2 heterocycles. The molecule has 0 bridgehead atoms. The van der Waals surface area contributed by atoms with E-state index in [1.54, 1.807) is 24.3 Å². The average Bonchev–Trinajstić information content (AvgIpc) is 2.74. The summed E-state index contributed by atoms with van der Waals surface area (Å²) in [6.45, 7) is 1.40. The number of pyridine rings is 1. The molecule has 1 fully saturated rings. The standard InChI is InChI=1S/C24H20F4N2O3/c1-13(31)18-10-20(24(26,27)28)30-11-19(18)14-2-6-16(7-3-14)23(22(29)32)12-33-21(23)15-4-8-17(25)9-5-15/h2-11,13,21,31H,12H2,1H3,(H2,29,32). The van der Waals surface area contributed by atoms with Gasteiger partial charge >= 0.3 is 6.18 Å². The highest BCUT2D eigenvalue weighted by Crippen LogP contribution is 2.49. The number of halogens is 4. The van der Waals surface area contributed by atoms with Crippen LogP contribution >= 0.6 is 0 Å². The number of aromatic nitrogens is 1. The molecule has 3 unspecified atom stereocenters.